The molecular weight excluding hydrogens is 114 g/mol. The summed E-state index contributed by atoms with van der Waals surface area (Å²) in [6, 6.07) is 0. The number of nitrogens with zero attached hydrogens (tertiary/aromatic N) is 1. The highest BCUT2D eigenvalue weighted by Gasteiger charge is 1.99. The maximum absolute atomic E-state index is 10.2. The Labute approximate surface area is 55.2 Å². The van der Waals surface area contributed by atoms with Gasteiger partial charge in [0.25, 0.3) is 0 Å². The van der Waals surface area contributed by atoms with Crippen LogP contribution in [0.4, 0.5) is 0 Å². The monoisotopic (exact) mass is 125 g/mol. The van der Waals surface area contributed by atoms with Crippen molar-refractivity contribution in [3.63, 3.8) is 0 Å². The van der Waals surface area contributed by atoms with Gasteiger partial charge >= 0.3 is 0 Å². The van der Waals surface area contributed by atoms with E-state index in [-0.39, 0.29) is 0 Å². The molecule has 2 nitrogen and oxygen atoms in total. The molecule has 0 radical (unpaired) electrons. The number of hydrogen-bond acceptors (Lipinski definition) is 1. The Kier molecular flexibility index (Phi) is 2.31. The van der Waals surface area contributed by atoms with Gasteiger partial charge in [-0.05, 0) is 12.8 Å². The Balaban J connectivity index is 2.37. The second-order valence-corrected chi connectivity index (χ2v) is 2.21. The van der Waals surface area contributed by atoms with Crippen LogP contribution in [-0.2, 0) is 4.79 Å². The van der Waals surface area contributed by atoms with Crippen LogP contribution < -0.4 is 0 Å². The van der Waals surface area contributed by atoms with Crippen molar-refractivity contribution < 1.29 is 4.79 Å². The van der Waals surface area contributed by atoms with Gasteiger partial charge in [-0.25, -0.2) is 0 Å². The zero-order valence-corrected chi connectivity index (χ0v) is 5.42. The summed E-state index contributed by atoms with van der Waals surface area (Å²) in [5.41, 5.74) is 0. The average Bonchev–Trinajstić information content (AvgIpc) is 2.13. The van der Waals surface area contributed by atoms with E-state index in [2.05, 4.69) is 6.08 Å². The molecular formula is C7H11NO. The van der Waals surface area contributed by atoms with E-state index in [1.54, 1.807) is 4.90 Å². The van der Waals surface area contributed by atoms with Crippen LogP contribution in [-0.4, -0.2) is 24.4 Å². The summed E-state index contributed by atoms with van der Waals surface area (Å²) in [5, 5.41) is 0. The number of amides is 1. The molecule has 1 amide bonds. The Morgan fingerprint density at radius 3 is 3.11 bits per heavy atom. The molecule has 0 atom stereocenters. The van der Waals surface area contributed by atoms with E-state index >= 15 is 0 Å². The van der Waals surface area contributed by atoms with E-state index in [4.69, 9.17) is 0 Å². The Hall–Kier alpha value is -0.790. The predicted molar refractivity (Wildman–Crippen MR) is 36.0 cm³/mol. The van der Waals surface area contributed by atoms with Crippen molar-refractivity contribution in [2.75, 3.05) is 13.1 Å². The van der Waals surface area contributed by atoms with E-state index < -0.39 is 0 Å². The maximum Gasteiger partial charge on any atom is 0.209 e. The fourth-order valence-electron chi connectivity index (χ4n) is 0.927. The molecule has 0 unspecified atom stereocenters. The fourth-order valence-corrected chi connectivity index (χ4v) is 0.927. The van der Waals surface area contributed by atoms with Crippen molar-refractivity contribution in [3.05, 3.63) is 12.2 Å². The molecule has 50 valence electrons. The first kappa shape index (κ1) is 6.33. The van der Waals surface area contributed by atoms with Gasteiger partial charge in [-0.2, -0.15) is 0 Å². The van der Waals surface area contributed by atoms with Crippen LogP contribution in [0.1, 0.15) is 12.8 Å². The first-order chi connectivity index (χ1) is 4.43. The lowest BCUT2D eigenvalue weighted by molar-refractivity contribution is -0.117. The van der Waals surface area contributed by atoms with Gasteiger partial charge in [0.1, 0.15) is 0 Å². The number of hydrogen-bond donors (Lipinski definition) is 0. The third kappa shape index (κ3) is 1.88. The summed E-state index contributed by atoms with van der Waals surface area (Å²) < 4.78 is 0. The molecule has 0 aliphatic carbocycles. The molecule has 0 bridgehead atoms. The van der Waals surface area contributed by atoms with E-state index in [0.717, 1.165) is 32.3 Å². The van der Waals surface area contributed by atoms with Gasteiger partial charge in [0.2, 0.25) is 6.41 Å². The number of carbonyl (C=O) groups excluding carboxylic acids is 1. The number of allylic oxidation sites excluding steroid dienone is 1. The Morgan fingerprint density at radius 2 is 2.33 bits per heavy atom. The van der Waals surface area contributed by atoms with Gasteiger partial charge in [0.15, 0.2) is 0 Å². The summed E-state index contributed by atoms with van der Waals surface area (Å²) in [4.78, 5) is 12.0. The lowest BCUT2D eigenvalue weighted by Gasteiger charge is -2.10. The molecule has 2 heteroatoms. The highest BCUT2D eigenvalue weighted by molar-refractivity contribution is 5.47. The van der Waals surface area contributed by atoms with E-state index in [0.29, 0.717) is 0 Å². The van der Waals surface area contributed by atoms with E-state index in [9.17, 15) is 4.79 Å². The molecule has 0 spiro atoms. The molecule has 1 heterocycles. The summed E-state index contributed by atoms with van der Waals surface area (Å²) in [5.74, 6) is 0. The van der Waals surface area contributed by atoms with Crippen LogP contribution in [0.25, 0.3) is 0 Å². The van der Waals surface area contributed by atoms with Gasteiger partial charge in [-0.15, -0.1) is 0 Å². The zero-order valence-electron chi connectivity index (χ0n) is 5.42. The summed E-state index contributed by atoms with van der Waals surface area (Å²) >= 11 is 0. The van der Waals surface area contributed by atoms with Gasteiger partial charge in [0, 0.05) is 13.1 Å². The van der Waals surface area contributed by atoms with E-state index in [1.807, 2.05) is 6.08 Å². The summed E-state index contributed by atoms with van der Waals surface area (Å²) in [7, 11) is 0. The average molecular weight is 125 g/mol. The van der Waals surface area contributed by atoms with Crippen molar-refractivity contribution in [1.82, 2.24) is 4.90 Å². The minimum Gasteiger partial charge on any atom is -0.342 e. The smallest absolute Gasteiger partial charge is 0.209 e. The predicted octanol–water partition coefficient (Wildman–Crippen LogP) is 0.795. The maximum atomic E-state index is 10.2. The first-order valence-corrected chi connectivity index (χ1v) is 3.28. The van der Waals surface area contributed by atoms with Gasteiger partial charge in [0.05, 0.1) is 0 Å². The van der Waals surface area contributed by atoms with Crippen molar-refractivity contribution in [3.8, 4) is 0 Å². The molecule has 0 aromatic rings. The van der Waals surface area contributed by atoms with Gasteiger partial charge < -0.3 is 4.90 Å². The zero-order chi connectivity index (χ0) is 6.53. The quantitative estimate of drug-likeness (QED) is 0.375. The second-order valence-electron chi connectivity index (χ2n) is 2.21. The topological polar surface area (TPSA) is 20.3 Å². The van der Waals surface area contributed by atoms with Crippen molar-refractivity contribution in [2.24, 2.45) is 0 Å². The Bertz CT molecular complexity index is 120. The highest BCUT2D eigenvalue weighted by Crippen LogP contribution is 1.99. The third-order valence-corrected chi connectivity index (χ3v) is 1.47. The van der Waals surface area contributed by atoms with Crippen LogP contribution in [0, 0.1) is 0 Å². The van der Waals surface area contributed by atoms with Crippen LogP contribution in [0.5, 0.6) is 0 Å². The molecule has 0 aromatic heterocycles. The molecule has 1 aliphatic rings. The molecule has 0 N–H and O–H groups in total. The summed E-state index contributed by atoms with van der Waals surface area (Å²) in [6.07, 6.45) is 7.31. The third-order valence-electron chi connectivity index (χ3n) is 1.47. The minimum atomic E-state index is 0.795. The largest absolute Gasteiger partial charge is 0.342 e. The first-order valence-electron chi connectivity index (χ1n) is 3.28. The van der Waals surface area contributed by atoms with Gasteiger partial charge in [-0.3, -0.25) is 4.79 Å². The lowest BCUT2D eigenvalue weighted by atomic mass is 10.3. The SMILES string of the molecule is O=CN1CC=CCCC1. The molecule has 9 heavy (non-hydrogen) atoms. The molecule has 0 aromatic carbocycles. The van der Waals surface area contributed by atoms with E-state index in [1.165, 1.54) is 0 Å². The van der Waals surface area contributed by atoms with Gasteiger partial charge in [-0.1, -0.05) is 12.2 Å². The minimum absolute atomic E-state index is 0.795. The van der Waals surface area contributed by atoms with Crippen molar-refractivity contribution in [1.29, 1.82) is 0 Å². The van der Waals surface area contributed by atoms with Crippen LogP contribution >= 0.6 is 0 Å². The standard InChI is InChI=1S/C7H11NO/c9-7-8-5-3-1-2-4-6-8/h1,3,7H,2,4-6H2. The molecule has 1 rings (SSSR count). The molecule has 0 saturated carbocycles. The van der Waals surface area contributed by atoms with Crippen molar-refractivity contribution >= 4 is 6.41 Å². The summed E-state index contributed by atoms with van der Waals surface area (Å²) in [6.45, 7) is 1.71. The van der Waals surface area contributed by atoms with Crippen LogP contribution in [0.2, 0.25) is 0 Å². The molecule has 0 saturated heterocycles. The molecule has 1 aliphatic heterocycles. The Morgan fingerprint density at radius 1 is 1.44 bits per heavy atom. The van der Waals surface area contributed by atoms with Crippen molar-refractivity contribution in [2.45, 2.75) is 12.8 Å². The highest BCUT2D eigenvalue weighted by atomic mass is 16.1. The number of rotatable bonds is 1. The number of carbonyl (C=O) groups is 1. The van der Waals surface area contributed by atoms with Crippen LogP contribution in [0.3, 0.4) is 0 Å². The van der Waals surface area contributed by atoms with Crippen LogP contribution in [0.15, 0.2) is 12.2 Å². The second kappa shape index (κ2) is 3.28. The fraction of sp³-hybridized carbons (Fsp3) is 0.571. The lowest BCUT2D eigenvalue weighted by Crippen LogP contribution is -2.21. The normalized spacial score (nSPS) is 19.3. The molecule has 0 fully saturated rings.